The van der Waals surface area contributed by atoms with E-state index in [-0.39, 0.29) is 41.2 Å². The highest BCUT2D eigenvalue weighted by Gasteiger charge is 2.36. The molecule has 0 unspecified atom stereocenters. The molecule has 4 rings (SSSR count). The van der Waals surface area contributed by atoms with Gasteiger partial charge in [0.15, 0.2) is 11.5 Å². The van der Waals surface area contributed by atoms with Crippen LogP contribution in [0.4, 0.5) is 5.95 Å². The third-order valence-corrected chi connectivity index (χ3v) is 8.61. The van der Waals surface area contributed by atoms with Crippen LogP contribution in [0, 0.1) is 0 Å². The number of hydrogen-bond donors (Lipinski definition) is 1. The van der Waals surface area contributed by atoms with Crippen LogP contribution >= 0.6 is 11.6 Å². The van der Waals surface area contributed by atoms with Gasteiger partial charge in [-0.15, -0.1) is 10.2 Å². The molecule has 2 atom stereocenters. The van der Waals surface area contributed by atoms with Gasteiger partial charge in [0.25, 0.3) is 0 Å². The lowest BCUT2D eigenvalue weighted by molar-refractivity contribution is 0.0649. The lowest BCUT2D eigenvalue weighted by Gasteiger charge is -2.27. The zero-order valence-electron chi connectivity index (χ0n) is 22.2. The summed E-state index contributed by atoms with van der Waals surface area (Å²) in [5.41, 5.74) is 0.269. The number of sulfonamides is 1. The van der Waals surface area contributed by atoms with E-state index in [0.29, 0.717) is 10.8 Å². The predicted octanol–water partition coefficient (Wildman–Crippen LogP) is 2.71. The molecule has 3 aromatic heterocycles. The number of hydrogen-bond acceptors (Lipinski definition) is 12. The number of halogens is 1. The molecule has 0 bridgehead atoms. The Hall–Kier alpha value is -3.14. The first-order chi connectivity index (χ1) is 18.7. The molecular formula is C23H31ClN8O6S. The summed E-state index contributed by atoms with van der Waals surface area (Å²) in [5.74, 6) is 0.882. The third kappa shape index (κ3) is 6.05. The van der Waals surface area contributed by atoms with Crippen LogP contribution in [-0.2, 0) is 19.5 Å². The summed E-state index contributed by atoms with van der Waals surface area (Å²) in [7, 11) is 1.83. The Labute approximate surface area is 231 Å². The molecule has 0 saturated heterocycles. The summed E-state index contributed by atoms with van der Waals surface area (Å²) in [6.45, 7) is 1.48. The fourth-order valence-electron chi connectivity index (χ4n) is 4.60. The highest BCUT2D eigenvalue weighted by atomic mass is 35.5. The topological polar surface area (TPSA) is 165 Å². The van der Waals surface area contributed by atoms with Gasteiger partial charge in [-0.2, -0.15) is 9.97 Å². The van der Waals surface area contributed by atoms with Crippen LogP contribution in [0.15, 0.2) is 18.7 Å². The molecule has 0 aliphatic heterocycles. The number of anilines is 1. The highest BCUT2D eigenvalue weighted by Crippen LogP contribution is 2.39. The fraction of sp³-hybridized carbons (Fsp3) is 0.565. The van der Waals surface area contributed by atoms with Crippen molar-refractivity contribution in [3.63, 3.8) is 0 Å². The molecule has 1 aliphatic rings. The van der Waals surface area contributed by atoms with E-state index in [1.54, 1.807) is 11.7 Å². The molecule has 39 heavy (non-hydrogen) atoms. The number of methoxy groups -OCH3 is 4. The molecule has 0 spiro atoms. The summed E-state index contributed by atoms with van der Waals surface area (Å²) in [4.78, 5) is 16.7. The molecule has 16 heteroatoms. The molecule has 1 fully saturated rings. The van der Waals surface area contributed by atoms with Crippen molar-refractivity contribution in [3.05, 3.63) is 35.4 Å². The van der Waals surface area contributed by atoms with Crippen LogP contribution in [0.3, 0.4) is 0 Å². The van der Waals surface area contributed by atoms with Crippen molar-refractivity contribution < 1.29 is 27.4 Å². The summed E-state index contributed by atoms with van der Waals surface area (Å²) in [5, 5.41) is 7.81. The number of ether oxygens (including phenoxy) is 4. The lowest BCUT2D eigenvalue weighted by atomic mass is 9.86. The predicted molar refractivity (Wildman–Crippen MR) is 141 cm³/mol. The number of aromatic nitrogens is 7. The smallest absolute Gasteiger partial charge is 0.245 e. The van der Waals surface area contributed by atoms with Crippen LogP contribution in [-0.4, -0.2) is 82.9 Å². The zero-order chi connectivity index (χ0) is 28.2. The minimum absolute atomic E-state index is 0.0385. The molecule has 1 N–H and O–H groups in total. The van der Waals surface area contributed by atoms with Gasteiger partial charge >= 0.3 is 0 Å². The summed E-state index contributed by atoms with van der Waals surface area (Å²) in [6, 6.07) is 0. The second-order valence-electron chi connectivity index (χ2n) is 8.94. The van der Waals surface area contributed by atoms with Crippen LogP contribution in [0.25, 0.3) is 5.69 Å². The van der Waals surface area contributed by atoms with Gasteiger partial charge in [-0.05, 0) is 32.6 Å². The first kappa shape index (κ1) is 28.9. The maximum Gasteiger partial charge on any atom is 0.245 e. The Morgan fingerprint density at radius 3 is 2.13 bits per heavy atom. The normalized spacial score (nSPS) is 19.3. The maximum absolute atomic E-state index is 13.6. The van der Waals surface area contributed by atoms with Crippen molar-refractivity contribution in [1.29, 1.82) is 0 Å². The molecule has 0 amide bonds. The van der Waals surface area contributed by atoms with E-state index in [1.165, 1.54) is 47.0 Å². The van der Waals surface area contributed by atoms with Crippen molar-refractivity contribution in [1.82, 2.24) is 34.7 Å². The van der Waals surface area contributed by atoms with Crippen molar-refractivity contribution in [2.24, 2.45) is 0 Å². The Kier molecular flexibility index (Phi) is 9.15. The van der Waals surface area contributed by atoms with E-state index in [1.807, 2.05) is 0 Å². The van der Waals surface area contributed by atoms with Gasteiger partial charge in [0, 0.05) is 32.5 Å². The minimum Gasteiger partial charge on any atom is -0.479 e. The van der Waals surface area contributed by atoms with E-state index in [0.717, 1.165) is 25.7 Å². The van der Waals surface area contributed by atoms with Gasteiger partial charge < -0.3 is 18.9 Å². The minimum atomic E-state index is -4.14. The van der Waals surface area contributed by atoms with Crippen molar-refractivity contribution >= 4 is 27.6 Å². The van der Waals surface area contributed by atoms with E-state index >= 15 is 0 Å². The first-order valence-electron chi connectivity index (χ1n) is 12.2. The zero-order valence-corrected chi connectivity index (χ0v) is 23.8. The quantitative estimate of drug-likeness (QED) is 0.352. The Morgan fingerprint density at radius 1 is 0.974 bits per heavy atom. The Balaban J connectivity index is 1.77. The third-order valence-electron chi connectivity index (χ3n) is 6.72. The highest BCUT2D eigenvalue weighted by molar-refractivity contribution is 7.93. The molecule has 0 radical (unpaired) electrons. The van der Waals surface area contributed by atoms with Gasteiger partial charge in [0.2, 0.25) is 27.7 Å². The maximum atomic E-state index is 13.6. The van der Waals surface area contributed by atoms with Crippen LogP contribution in [0.5, 0.6) is 11.8 Å². The molecule has 1 aliphatic carbocycles. The average Bonchev–Trinajstić information content (AvgIpc) is 3.35. The van der Waals surface area contributed by atoms with Gasteiger partial charge in [-0.25, -0.2) is 18.4 Å². The van der Waals surface area contributed by atoms with E-state index < -0.39 is 21.4 Å². The monoisotopic (exact) mass is 582 g/mol. The van der Waals surface area contributed by atoms with Crippen LogP contribution in [0.1, 0.15) is 56.3 Å². The van der Waals surface area contributed by atoms with E-state index in [2.05, 4.69) is 34.9 Å². The molecular weight excluding hydrogens is 552 g/mol. The van der Waals surface area contributed by atoms with Gasteiger partial charge in [0.05, 0.1) is 25.3 Å². The summed E-state index contributed by atoms with van der Waals surface area (Å²) < 4.78 is 53.4. The largest absolute Gasteiger partial charge is 0.479 e. The molecule has 0 aromatic carbocycles. The van der Waals surface area contributed by atoms with Crippen molar-refractivity contribution in [2.45, 2.75) is 56.0 Å². The molecule has 212 valence electrons. The van der Waals surface area contributed by atoms with Crippen molar-refractivity contribution in [2.75, 3.05) is 33.2 Å². The van der Waals surface area contributed by atoms with Gasteiger partial charge in [-0.1, -0.05) is 11.6 Å². The Morgan fingerprint density at radius 2 is 1.59 bits per heavy atom. The standard InChI is InChI=1S/C23H31ClN8O6S/c1-13(18(36-3)19-25-10-15(24)11-26-19)39(33,34)31-23-30-29-20(14-6-8-16(35-2)9-7-14)32(23)17-21(37-4)27-12-28-22(17)38-5/h10-14,16,18H,6-9H2,1-5H3,(H,30,31)/t13-,14-,16-,18-/m0/s1. The fourth-order valence-corrected chi connectivity index (χ4v) is 5.83. The number of nitrogens with one attached hydrogen (secondary N) is 1. The van der Waals surface area contributed by atoms with Crippen molar-refractivity contribution in [3.8, 4) is 17.4 Å². The van der Waals surface area contributed by atoms with E-state index in [4.69, 9.17) is 30.5 Å². The lowest BCUT2D eigenvalue weighted by Crippen LogP contribution is -2.33. The van der Waals surface area contributed by atoms with E-state index in [9.17, 15) is 8.42 Å². The molecule has 3 heterocycles. The average molecular weight is 583 g/mol. The first-order valence-corrected chi connectivity index (χ1v) is 14.1. The number of nitrogens with zero attached hydrogens (tertiary/aromatic N) is 7. The van der Waals surface area contributed by atoms with Crippen LogP contribution in [0.2, 0.25) is 5.02 Å². The second-order valence-corrected chi connectivity index (χ2v) is 11.4. The summed E-state index contributed by atoms with van der Waals surface area (Å²) in [6.07, 6.45) is 6.36. The molecule has 1 saturated carbocycles. The van der Waals surface area contributed by atoms with Gasteiger partial charge in [-0.3, -0.25) is 9.29 Å². The SMILES string of the molecule is COc1ncnc(OC)c1-n1c(NS(=O)(=O)[C@@H](C)[C@H](OC)c2ncc(Cl)cn2)nnc1[C@H]1CC[C@H](OC)CC1. The molecule has 14 nitrogen and oxygen atoms in total. The Bertz CT molecular complexity index is 1340. The number of rotatable bonds is 11. The molecule has 3 aromatic rings. The van der Waals surface area contributed by atoms with Crippen LogP contribution < -0.4 is 14.2 Å². The summed E-state index contributed by atoms with van der Waals surface area (Å²) >= 11 is 5.89. The van der Waals surface area contributed by atoms with Gasteiger partial charge in [0.1, 0.15) is 23.5 Å². The second kappa shape index (κ2) is 12.4.